The van der Waals surface area contributed by atoms with Crippen molar-refractivity contribution in [3.8, 4) is 5.75 Å². The summed E-state index contributed by atoms with van der Waals surface area (Å²) in [6.07, 6.45) is 2.78. The van der Waals surface area contributed by atoms with E-state index in [1.165, 1.54) is 23.3 Å². The molecule has 5 nitrogen and oxygen atoms in total. The lowest BCUT2D eigenvalue weighted by molar-refractivity contribution is 0.0364. The zero-order chi connectivity index (χ0) is 20.6. The topological polar surface area (TPSA) is 64.6 Å². The third-order valence-corrected chi connectivity index (χ3v) is 6.92. The molecule has 1 unspecified atom stereocenters. The fourth-order valence-corrected chi connectivity index (χ4v) is 5.29. The number of benzene rings is 2. The van der Waals surface area contributed by atoms with Crippen LogP contribution in [0.4, 0.5) is 14.9 Å². The number of piperidine rings is 1. The van der Waals surface area contributed by atoms with Crippen molar-refractivity contribution in [2.24, 2.45) is 5.92 Å². The van der Waals surface area contributed by atoms with Crippen LogP contribution < -0.4 is 10.6 Å². The summed E-state index contributed by atoms with van der Waals surface area (Å²) in [7, 11) is 2.18. The number of likely N-dealkylation sites (tertiary alicyclic amines) is 1. The number of phenolic OH excluding ortho intramolecular Hbond substituents is 1. The van der Waals surface area contributed by atoms with Gasteiger partial charge < -0.3 is 20.6 Å². The molecule has 1 aliphatic carbocycles. The van der Waals surface area contributed by atoms with Crippen molar-refractivity contribution < 1.29 is 14.3 Å². The number of rotatable bonds is 4. The van der Waals surface area contributed by atoms with Crippen LogP contribution in [-0.4, -0.2) is 42.2 Å². The van der Waals surface area contributed by atoms with Crippen LogP contribution in [0, 0.1) is 11.7 Å². The van der Waals surface area contributed by atoms with Gasteiger partial charge in [-0.15, -0.1) is 0 Å². The molecule has 6 heteroatoms. The van der Waals surface area contributed by atoms with E-state index in [9.17, 15) is 14.3 Å². The van der Waals surface area contributed by atoms with Crippen molar-refractivity contribution in [1.82, 2.24) is 10.2 Å². The van der Waals surface area contributed by atoms with E-state index in [0.717, 1.165) is 25.8 Å². The molecule has 1 aliphatic heterocycles. The van der Waals surface area contributed by atoms with Crippen LogP contribution in [0.25, 0.3) is 0 Å². The summed E-state index contributed by atoms with van der Waals surface area (Å²) in [6, 6.07) is 11.7. The fourth-order valence-electron chi connectivity index (χ4n) is 5.29. The van der Waals surface area contributed by atoms with Crippen molar-refractivity contribution in [2.45, 2.75) is 37.6 Å². The van der Waals surface area contributed by atoms with E-state index in [1.807, 2.05) is 12.1 Å². The first-order valence-electron chi connectivity index (χ1n) is 10.2. The third-order valence-electron chi connectivity index (χ3n) is 6.92. The van der Waals surface area contributed by atoms with Crippen LogP contribution in [0.2, 0.25) is 0 Å². The number of carbonyl (C=O) groups excluding carboxylic acids is 1. The van der Waals surface area contributed by atoms with Crippen LogP contribution in [-0.2, 0) is 11.8 Å². The minimum Gasteiger partial charge on any atom is -0.508 e. The predicted molar refractivity (Wildman–Crippen MR) is 112 cm³/mol. The smallest absolute Gasteiger partial charge is 0.319 e. The van der Waals surface area contributed by atoms with Crippen molar-refractivity contribution in [3.63, 3.8) is 0 Å². The molecular weight excluding hydrogens is 369 g/mol. The Balaban J connectivity index is 1.49. The van der Waals surface area contributed by atoms with E-state index in [4.69, 9.17) is 0 Å². The van der Waals surface area contributed by atoms with Crippen LogP contribution in [0.1, 0.15) is 30.9 Å². The van der Waals surface area contributed by atoms with E-state index in [2.05, 4.69) is 29.5 Å². The van der Waals surface area contributed by atoms with Gasteiger partial charge in [-0.3, -0.25) is 0 Å². The molecule has 3 N–H and O–H groups in total. The van der Waals surface area contributed by atoms with Gasteiger partial charge in [0.15, 0.2) is 0 Å². The molecule has 2 aromatic carbocycles. The molecular formula is C23H28FN3O2. The Hall–Kier alpha value is -2.60. The largest absolute Gasteiger partial charge is 0.508 e. The number of phenols is 1. The minimum absolute atomic E-state index is 0.0738. The lowest BCUT2D eigenvalue weighted by Gasteiger charge is -2.55. The van der Waals surface area contributed by atoms with Crippen LogP contribution in [0.5, 0.6) is 5.75 Å². The average Bonchev–Trinajstić information content (AvgIpc) is 2.67. The molecule has 0 aromatic heterocycles. The molecule has 0 spiro atoms. The van der Waals surface area contributed by atoms with Gasteiger partial charge in [-0.05, 0) is 80.2 Å². The number of halogens is 1. The highest BCUT2D eigenvalue weighted by atomic mass is 19.1. The van der Waals surface area contributed by atoms with Crippen LogP contribution >= 0.6 is 0 Å². The number of urea groups is 1. The van der Waals surface area contributed by atoms with Gasteiger partial charge in [-0.25, -0.2) is 9.18 Å². The lowest BCUT2D eigenvalue weighted by atomic mass is 9.56. The maximum Gasteiger partial charge on any atom is 0.319 e. The molecule has 2 aromatic rings. The highest BCUT2D eigenvalue weighted by Gasteiger charge is 2.50. The summed E-state index contributed by atoms with van der Waals surface area (Å²) in [5.74, 6) is 0.333. The van der Waals surface area contributed by atoms with Crippen molar-refractivity contribution in [2.75, 3.05) is 25.5 Å². The zero-order valence-electron chi connectivity index (χ0n) is 16.9. The Kier molecular flexibility index (Phi) is 5.21. The molecule has 3 atom stereocenters. The van der Waals surface area contributed by atoms with E-state index < -0.39 is 0 Å². The molecule has 1 fully saturated rings. The standard InChI is InChI=1S/C23H28FN3O2/c1-15-21-12-16-6-7-19(28)14-20(16)23(15,9-11-27(21)2)8-10-25-22(29)26-18-5-3-4-17(24)13-18/h3-7,13-15,21,28H,8-12H2,1-2H3,(H2,25,26,29)/t15-,21+,23?/m0/s1. The summed E-state index contributed by atoms with van der Waals surface area (Å²) in [6.45, 7) is 3.80. The minimum atomic E-state index is -0.383. The second kappa shape index (κ2) is 7.67. The van der Waals surface area contributed by atoms with E-state index in [-0.39, 0.29) is 17.3 Å². The number of aromatic hydroxyl groups is 1. The molecule has 0 saturated carbocycles. The maximum absolute atomic E-state index is 13.3. The normalized spacial score (nSPS) is 25.9. The molecule has 4 rings (SSSR count). The summed E-state index contributed by atoms with van der Waals surface area (Å²) in [5.41, 5.74) is 2.87. The number of fused-ring (bicyclic) bond motifs is 4. The quantitative estimate of drug-likeness (QED) is 0.734. The Morgan fingerprint density at radius 1 is 1.31 bits per heavy atom. The summed E-state index contributed by atoms with van der Waals surface area (Å²) in [5, 5.41) is 15.7. The SMILES string of the molecule is C[C@H]1[C@H]2Cc3ccc(O)cc3C1(CCNC(=O)Nc1cccc(F)c1)CCN2C. The highest BCUT2D eigenvalue weighted by molar-refractivity contribution is 5.89. The molecule has 154 valence electrons. The molecule has 1 heterocycles. The van der Waals surface area contributed by atoms with Gasteiger partial charge >= 0.3 is 6.03 Å². The highest BCUT2D eigenvalue weighted by Crippen LogP contribution is 2.51. The number of hydrogen-bond donors (Lipinski definition) is 3. The summed E-state index contributed by atoms with van der Waals surface area (Å²) < 4.78 is 13.3. The predicted octanol–water partition coefficient (Wildman–Crippen LogP) is 3.88. The van der Waals surface area contributed by atoms with Crippen molar-refractivity contribution in [3.05, 3.63) is 59.4 Å². The maximum atomic E-state index is 13.3. The molecule has 2 aliphatic rings. The second-order valence-corrected chi connectivity index (χ2v) is 8.43. The first-order valence-corrected chi connectivity index (χ1v) is 10.2. The molecule has 29 heavy (non-hydrogen) atoms. The van der Waals surface area contributed by atoms with Crippen molar-refractivity contribution >= 4 is 11.7 Å². The third kappa shape index (κ3) is 3.69. The number of likely N-dealkylation sites (N-methyl/N-ethyl adjacent to an activating group) is 1. The van der Waals surface area contributed by atoms with E-state index >= 15 is 0 Å². The number of nitrogens with one attached hydrogen (secondary N) is 2. The summed E-state index contributed by atoms with van der Waals surface area (Å²) >= 11 is 0. The fraction of sp³-hybridized carbons (Fsp3) is 0.435. The number of carbonyl (C=O) groups is 1. The first-order chi connectivity index (χ1) is 13.9. The van der Waals surface area contributed by atoms with Gasteiger partial charge in [0, 0.05) is 23.7 Å². The van der Waals surface area contributed by atoms with E-state index in [0.29, 0.717) is 29.9 Å². The Bertz CT molecular complexity index is 919. The van der Waals surface area contributed by atoms with E-state index in [1.54, 1.807) is 18.2 Å². The number of amides is 2. The Morgan fingerprint density at radius 3 is 2.93 bits per heavy atom. The van der Waals surface area contributed by atoms with Crippen molar-refractivity contribution in [1.29, 1.82) is 0 Å². The molecule has 2 bridgehead atoms. The van der Waals surface area contributed by atoms with Gasteiger partial charge in [-0.2, -0.15) is 0 Å². The van der Waals surface area contributed by atoms with Crippen LogP contribution in [0.3, 0.4) is 0 Å². The molecule has 0 radical (unpaired) electrons. The van der Waals surface area contributed by atoms with Gasteiger partial charge in [0.25, 0.3) is 0 Å². The lowest BCUT2D eigenvalue weighted by Crippen LogP contribution is -2.58. The summed E-state index contributed by atoms with van der Waals surface area (Å²) in [4.78, 5) is 14.7. The molecule has 1 saturated heterocycles. The number of nitrogens with zero attached hydrogens (tertiary/aromatic N) is 1. The van der Waals surface area contributed by atoms with Gasteiger partial charge in [-0.1, -0.05) is 19.1 Å². The average molecular weight is 397 g/mol. The monoisotopic (exact) mass is 397 g/mol. The first kappa shape index (κ1) is 19.7. The van der Waals surface area contributed by atoms with Gasteiger partial charge in [0.05, 0.1) is 0 Å². The number of anilines is 1. The molecule has 2 amide bonds. The van der Waals surface area contributed by atoms with Gasteiger partial charge in [0.1, 0.15) is 11.6 Å². The van der Waals surface area contributed by atoms with Crippen LogP contribution in [0.15, 0.2) is 42.5 Å². The zero-order valence-corrected chi connectivity index (χ0v) is 16.9. The van der Waals surface area contributed by atoms with Gasteiger partial charge in [0.2, 0.25) is 0 Å². The second-order valence-electron chi connectivity index (χ2n) is 8.43. The number of hydrogen-bond acceptors (Lipinski definition) is 3. The Labute approximate surface area is 170 Å². The Morgan fingerprint density at radius 2 is 2.14 bits per heavy atom.